The summed E-state index contributed by atoms with van der Waals surface area (Å²) in [5, 5.41) is 3.93. The van der Waals surface area contributed by atoms with E-state index in [4.69, 9.17) is 11.6 Å². The lowest BCUT2D eigenvalue weighted by Gasteiger charge is -2.17. The van der Waals surface area contributed by atoms with Gasteiger partial charge in [0.25, 0.3) is 0 Å². The second-order valence-corrected chi connectivity index (χ2v) is 5.74. The summed E-state index contributed by atoms with van der Waals surface area (Å²) >= 11 is 7.73. The number of nitrogens with one attached hydrogen (secondary N) is 1. The zero-order chi connectivity index (χ0) is 13.7. The molecule has 0 aliphatic heterocycles. The highest BCUT2D eigenvalue weighted by Crippen LogP contribution is 2.20. The fraction of sp³-hybridized carbons (Fsp3) is 0.357. The zero-order valence-corrected chi connectivity index (χ0v) is 12.3. The van der Waals surface area contributed by atoms with Crippen LogP contribution in [0.15, 0.2) is 29.9 Å². The Morgan fingerprint density at radius 2 is 2.26 bits per heavy atom. The van der Waals surface area contributed by atoms with E-state index in [1.165, 1.54) is 17.0 Å². The largest absolute Gasteiger partial charge is 0.314 e. The van der Waals surface area contributed by atoms with Crippen LogP contribution in [0.5, 0.6) is 0 Å². The van der Waals surface area contributed by atoms with Gasteiger partial charge >= 0.3 is 0 Å². The van der Waals surface area contributed by atoms with Crippen molar-refractivity contribution < 1.29 is 4.39 Å². The first kappa shape index (κ1) is 14.4. The van der Waals surface area contributed by atoms with Gasteiger partial charge in [-0.1, -0.05) is 24.6 Å². The zero-order valence-electron chi connectivity index (χ0n) is 10.7. The molecule has 0 fully saturated rings. The van der Waals surface area contributed by atoms with E-state index in [2.05, 4.69) is 17.2 Å². The average Bonchev–Trinajstić information content (AvgIpc) is 2.86. The van der Waals surface area contributed by atoms with Crippen molar-refractivity contribution >= 4 is 22.9 Å². The Bertz CT molecular complexity index is 516. The van der Waals surface area contributed by atoms with Crippen LogP contribution >= 0.6 is 22.9 Å². The van der Waals surface area contributed by atoms with Crippen LogP contribution in [-0.2, 0) is 12.8 Å². The van der Waals surface area contributed by atoms with Gasteiger partial charge in [-0.15, -0.1) is 11.3 Å². The molecule has 0 aliphatic carbocycles. The molecule has 0 saturated heterocycles. The number of hydrogen-bond acceptors (Lipinski definition) is 3. The number of nitrogens with zero attached hydrogens (tertiary/aromatic N) is 1. The monoisotopic (exact) mass is 298 g/mol. The van der Waals surface area contributed by atoms with Gasteiger partial charge in [-0.3, -0.25) is 4.98 Å². The van der Waals surface area contributed by atoms with Crippen LogP contribution in [0.4, 0.5) is 4.39 Å². The molecule has 0 saturated carbocycles. The summed E-state index contributed by atoms with van der Waals surface area (Å²) < 4.78 is 13.0. The van der Waals surface area contributed by atoms with Crippen molar-refractivity contribution in [1.29, 1.82) is 0 Å². The molecular weight excluding hydrogens is 283 g/mol. The summed E-state index contributed by atoms with van der Waals surface area (Å²) in [5.74, 6) is -0.295. The van der Waals surface area contributed by atoms with E-state index < -0.39 is 0 Å². The smallest absolute Gasteiger partial charge is 0.124 e. The minimum Gasteiger partial charge on any atom is -0.314 e. The van der Waals surface area contributed by atoms with Crippen LogP contribution in [0, 0.1) is 5.82 Å². The Morgan fingerprint density at radius 3 is 2.89 bits per heavy atom. The van der Waals surface area contributed by atoms with Gasteiger partial charge in [-0.2, -0.15) is 0 Å². The molecule has 1 aromatic carbocycles. The number of rotatable bonds is 6. The van der Waals surface area contributed by atoms with Crippen molar-refractivity contribution in [3.05, 3.63) is 51.2 Å². The minimum absolute atomic E-state index is 0.286. The van der Waals surface area contributed by atoms with Crippen LogP contribution in [0.1, 0.15) is 17.4 Å². The molecule has 19 heavy (non-hydrogen) atoms. The summed E-state index contributed by atoms with van der Waals surface area (Å²) in [4.78, 5) is 5.33. The Balaban J connectivity index is 2.07. The van der Waals surface area contributed by atoms with Crippen LogP contribution in [-0.4, -0.2) is 17.6 Å². The Hall–Kier alpha value is -0.970. The van der Waals surface area contributed by atoms with Gasteiger partial charge < -0.3 is 5.32 Å². The third kappa shape index (κ3) is 4.27. The molecule has 0 radical (unpaired) electrons. The second-order valence-electron chi connectivity index (χ2n) is 4.37. The topological polar surface area (TPSA) is 24.9 Å². The van der Waals surface area contributed by atoms with E-state index in [0.29, 0.717) is 5.02 Å². The minimum atomic E-state index is -0.295. The molecule has 1 atom stereocenters. The molecular formula is C14H16ClFN2S. The number of benzene rings is 1. The van der Waals surface area contributed by atoms with Gasteiger partial charge in [-0.25, -0.2) is 4.39 Å². The Morgan fingerprint density at radius 1 is 1.42 bits per heavy atom. The number of hydrogen-bond donors (Lipinski definition) is 1. The van der Waals surface area contributed by atoms with E-state index >= 15 is 0 Å². The SMILES string of the molecule is CCNC(Cc1cncs1)Cc1ccc(F)cc1Cl. The lowest BCUT2D eigenvalue weighted by molar-refractivity contribution is 0.523. The standard InChI is InChI=1S/C14H16ClFN2S/c1-2-18-12(7-13-8-17-9-19-13)5-10-3-4-11(16)6-14(10)15/h3-4,6,8-9,12,18H,2,5,7H2,1H3. The van der Waals surface area contributed by atoms with E-state index in [9.17, 15) is 4.39 Å². The first-order valence-corrected chi connectivity index (χ1v) is 7.49. The fourth-order valence-corrected chi connectivity index (χ4v) is 2.96. The predicted molar refractivity (Wildman–Crippen MR) is 78.4 cm³/mol. The van der Waals surface area contributed by atoms with Crippen LogP contribution in [0.3, 0.4) is 0 Å². The highest BCUT2D eigenvalue weighted by molar-refractivity contribution is 7.09. The van der Waals surface area contributed by atoms with Gasteiger partial charge in [-0.05, 0) is 37.1 Å². The van der Waals surface area contributed by atoms with Crippen molar-refractivity contribution in [3.63, 3.8) is 0 Å². The fourth-order valence-electron chi connectivity index (χ4n) is 2.04. The van der Waals surface area contributed by atoms with E-state index in [1.54, 1.807) is 17.4 Å². The van der Waals surface area contributed by atoms with Gasteiger partial charge in [0, 0.05) is 22.1 Å². The van der Waals surface area contributed by atoms with Crippen molar-refractivity contribution in [1.82, 2.24) is 10.3 Å². The number of thiazole rings is 1. The Labute approximate surface area is 121 Å². The maximum Gasteiger partial charge on any atom is 0.124 e. The predicted octanol–water partition coefficient (Wildman–Crippen LogP) is 3.70. The van der Waals surface area contributed by atoms with E-state index in [0.717, 1.165) is 24.9 Å². The summed E-state index contributed by atoms with van der Waals surface area (Å²) in [6.45, 7) is 2.97. The summed E-state index contributed by atoms with van der Waals surface area (Å²) in [7, 11) is 0. The van der Waals surface area contributed by atoms with E-state index in [1.807, 2.05) is 11.7 Å². The Kier molecular flexibility index (Phi) is 5.31. The van der Waals surface area contributed by atoms with Crippen LogP contribution in [0.25, 0.3) is 0 Å². The van der Waals surface area contributed by atoms with Gasteiger partial charge in [0.2, 0.25) is 0 Å². The molecule has 5 heteroatoms. The van der Waals surface area contributed by atoms with Gasteiger partial charge in [0.1, 0.15) is 5.82 Å². The lowest BCUT2D eigenvalue weighted by atomic mass is 10.0. The molecule has 1 heterocycles. The van der Waals surface area contributed by atoms with Gasteiger partial charge in [0.05, 0.1) is 5.51 Å². The van der Waals surface area contributed by atoms with Crippen LogP contribution < -0.4 is 5.32 Å². The molecule has 1 N–H and O–H groups in total. The maximum atomic E-state index is 13.0. The quantitative estimate of drug-likeness (QED) is 0.879. The summed E-state index contributed by atoms with van der Waals surface area (Å²) in [6.07, 6.45) is 3.58. The molecule has 0 spiro atoms. The number of halogens is 2. The maximum absolute atomic E-state index is 13.0. The lowest BCUT2D eigenvalue weighted by Crippen LogP contribution is -2.32. The molecule has 0 aliphatic rings. The van der Waals surface area contributed by atoms with Crippen molar-refractivity contribution in [3.8, 4) is 0 Å². The highest BCUT2D eigenvalue weighted by atomic mass is 35.5. The molecule has 2 rings (SSSR count). The highest BCUT2D eigenvalue weighted by Gasteiger charge is 2.13. The van der Waals surface area contributed by atoms with E-state index in [-0.39, 0.29) is 11.9 Å². The molecule has 2 aromatic rings. The molecule has 1 aromatic heterocycles. The second kappa shape index (κ2) is 6.98. The van der Waals surface area contributed by atoms with Crippen molar-refractivity contribution in [2.45, 2.75) is 25.8 Å². The number of aromatic nitrogens is 1. The molecule has 0 amide bonds. The normalized spacial score (nSPS) is 12.6. The first-order chi connectivity index (χ1) is 9.19. The summed E-state index contributed by atoms with van der Waals surface area (Å²) in [5.41, 5.74) is 2.81. The third-order valence-electron chi connectivity index (χ3n) is 2.91. The molecule has 102 valence electrons. The molecule has 2 nitrogen and oxygen atoms in total. The summed E-state index contributed by atoms with van der Waals surface area (Å²) in [6, 6.07) is 4.87. The number of likely N-dealkylation sites (N-methyl/N-ethyl adjacent to an activating group) is 1. The molecule has 1 unspecified atom stereocenters. The average molecular weight is 299 g/mol. The van der Waals surface area contributed by atoms with Crippen molar-refractivity contribution in [2.75, 3.05) is 6.54 Å². The first-order valence-electron chi connectivity index (χ1n) is 6.23. The van der Waals surface area contributed by atoms with Gasteiger partial charge in [0.15, 0.2) is 0 Å². The third-order valence-corrected chi connectivity index (χ3v) is 4.06. The molecule has 0 bridgehead atoms. The van der Waals surface area contributed by atoms with Crippen LogP contribution in [0.2, 0.25) is 5.02 Å². The van der Waals surface area contributed by atoms with Crippen molar-refractivity contribution in [2.24, 2.45) is 0 Å².